The first-order valence-electron chi connectivity index (χ1n) is 3.16. The van der Waals surface area contributed by atoms with Crippen LogP contribution in [0.25, 0.3) is 0 Å². The largest absolute Gasteiger partial charge is 1.00 e. The summed E-state index contributed by atoms with van der Waals surface area (Å²) in [6.45, 7) is 1.95. The predicted octanol–water partition coefficient (Wildman–Crippen LogP) is -1.80. The topological polar surface area (TPSA) is 23.1 Å². The first-order valence-corrected chi connectivity index (χ1v) is 3.16. The van der Waals surface area contributed by atoms with Crippen molar-refractivity contribution in [2.45, 2.75) is 32.6 Å². The summed E-state index contributed by atoms with van der Waals surface area (Å²) in [5.74, 6) is 0.385. The third kappa shape index (κ3) is 3.19. The van der Waals surface area contributed by atoms with Gasteiger partial charge in [0.05, 0.1) is 0 Å². The third-order valence-corrected chi connectivity index (χ3v) is 1.68. The monoisotopic (exact) mass is 150 g/mol. The van der Waals surface area contributed by atoms with Gasteiger partial charge in [0.2, 0.25) is 0 Å². The van der Waals surface area contributed by atoms with Crippen molar-refractivity contribution in [3.63, 3.8) is 0 Å². The van der Waals surface area contributed by atoms with Crippen molar-refractivity contribution in [2.75, 3.05) is 0 Å². The summed E-state index contributed by atoms with van der Waals surface area (Å²) in [5, 5.41) is 10.8. The van der Waals surface area contributed by atoms with Gasteiger partial charge in [0.25, 0.3) is 0 Å². The summed E-state index contributed by atoms with van der Waals surface area (Å²) in [5.41, 5.74) is 1.08. The van der Waals surface area contributed by atoms with Crippen LogP contribution < -0.4 is 56.5 Å². The van der Waals surface area contributed by atoms with Crippen LogP contribution in [-0.2, 0) is 0 Å². The summed E-state index contributed by atoms with van der Waals surface area (Å²) in [4.78, 5) is 0. The van der Waals surface area contributed by atoms with Gasteiger partial charge in [0.1, 0.15) is 0 Å². The van der Waals surface area contributed by atoms with Crippen LogP contribution in [0.3, 0.4) is 0 Å². The van der Waals surface area contributed by atoms with Gasteiger partial charge in [-0.25, -0.2) is 0 Å². The standard InChI is InChI=1S/C7H12O.K/c1-6-4-2-3-5-7(6)8;/h8H,2-5H2,1H3;/q;+1/p-1. The minimum absolute atomic E-state index is 0. The van der Waals surface area contributed by atoms with Crippen LogP contribution in [0, 0.1) is 0 Å². The molecule has 0 spiro atoms. The molecule has 0 saturated carbocycles. The van der Waals surface area contributed by atoms with Crippen molar-refractivity contribution < 1.29 is 56.5 Å². The van der Waals surface area contributed by atoms with Crippen LogP contribution in [0.1, 0.15) is 32.6 Å². The second-order valence-electron chi connectivity index (χ2n) is 2.41. The van der Waals surface area contributed by atoms with Gasteiger partial charge in [-0.2, -0.15) is 0 Å². The van der Waals surface area contributed by atoms with E-state index in [9.17, 15) is 5.11 Å². The van der Waals surface area contributed by atoms with Crippen molar-refractivity contribution >= 4 is 0 Å². The number of rotatable bonds is 0. The van der Waals surface area contributed by atoms with Gasteiger partial charge in [0.15, 0.2) is 0 Å². The quantitative estimate of drug-likeness (QED) is 0.374. The SMILES string of the molecule is CC1=C([O-])CCCC1.[K+]. The van der Waals surface area contributed by atoms with Gasteiger partial charge in [-0.15, -0.1) is 5.76 Å². The van der Waals surface area contributed by atoms with Gasteiger partial charge in [-0.05, 0) is 26.2 Å². The average molecular weight is 150 g/mol. The van der Waals surface area contributed by atoms with Crippen molar-refractivity contribution in [1.29, 1.82) is 0 Å². The van der Waals surface area contributed by atoms with E-state index in [1.165, 1.54) is 6.42 Å². The third-order valence-electron chi connectivity index (χ3n) is 1.68. The minimum atomic E-state index is 0. The first kappa shape index (κ1) is 10.2. The molecule has 0 aromatic carbocycles. The van der Waals surface area contributed by atoms with Crippen LogP contribution in [-0.4, -0.2) is 0 Å². The Morgan fingerprint density at radius 1 is 1.22 bits per heavy atom. The normalized spacial score (nSPS) is 19.2. The van der Waals surface area contributed by atoms with Crippen LogP contribution >= 0.6 is 0 Å². The Kier molecular flexibility index (Phi) is 5.55. The summed E-state index contributed by atoms with van der Waals surface area (Å²) in [7, 11) is 0. The molecule has 0 atom stereocenters. The molecule has 0 aliphatic heterocycles. The molecule has 9 heavy (non-hydrogen) atoms. The molecule has 0 N–H and O–H groups in total. The van der Waals surface area contributed by atoms with Crippen molar-refractivity contribution in [3.05, 3.63) is 11.3 Å². The fraction of sp³-hybridized carbons (Fsp3) is 0.714. The number of allylic oxidation sites excluding steroid dienone is 2. The summed E-state index contributed by atoms with van der Waals surface area (Å²) in [6, 6.07) is 0. The Morgan fingerprint density at radius 3 is 2.11 bits per heavy atom. The molecule has 0 heterocycles. The fourth-order valence-electron chi connectivity index (χ4n) is 1.03. The molecule has 1 nitrogen and oxygen atoms in total. The molecule has 0 unspecified atom stereocenters. The molecule has 0 aromatic heterocycles. The van der Waals surface area contributed by atoms with Crippen molar-refractivity contribution in [2.24, 2.45) is 0 Å². The number of hydrogen-bond donors (Lipinski definition) is 0. The molecule has 2 heteroatoms. The van der Waals surface area contributed by atoms with Gasteiger partial charge < -0.3 is 5.11 Å². The van der Waals surface area contributed by atoms with E-state index in [1.807, 2.05) is 6.92 Å². The van der Waals surface area contributed by atoms with Crippen molar-refractivity contribution in [1.82, 2.24) is 0 Å². The van der Waals surface area contributed by atoms with E-state index in [1.54, 1.807) is 0 Å². The Labute approximate surface area is 99.0 Å². The van der Waals surface area contributed by atoms with Crippen LogP contribution in [0.2, 0.25) is 0 Å². The minimum Gasteiger partial charge on any atom is -0.875 e. The van der Waals surface area contributed by atoms with E-state index in [2.05, 4.69) is 0 Å². The predicted molar refractivity (Wildman–Crippen MR) is 31.2 cm³/mol. The molecule has 0 aromatic rings. The smallest absolute Gasteiger partial charge is 0.875 e. The average Bonchev–Trinajstić information content (AvgIpc) is 1.77. The zero-order valence-corrected chi connectivity index (χ0v) is 9.36. The second kappa shape index (κ2) is 4.91. The molecule has 1 aliphatic rings. The molecular weight excluding hydrogens is 139 g/mol. The van der Waals surface area contributed by atoms with Crippen LogP contribution in [0.4, 0.5) is 0 Å². The second-order valence-corrected chi connectivity index (χ2v) is 2.41. The summed E-state index contributed by atoms with van der Waals surface area (Å²) < 4.78 is 0. The molecule has 0 fully saturated rings. The van der Waals surface area contributed by atoms with Crippen LogP contribution in [0.15, 0.2) is 11.3 Å². The van der Waals surface area contributed by atoms with E-state index >= 15 is 0 Å². The van der Waals surface area contributed by atoms with Crippen LogP contribution in [0.5, 0.6) is 0 Å². The summed E-state index contributed by atoms with van der Waals surface area (Å²) in [6.07, 6.45) is 4.17. The molecule has 0 amide bonds. The van der Waals surface area contributed by atoms with E-state index < -0.39 is 0 Å². The Morgan fingerprint density at radius 2 is 1.78 bits per heavy atom. The van der Waals surface area contributed by atoms with E-state index in [-0.39, 0.29) is 51.4 Å². The summed E-state index contributed by atoms with van der Waals surface area (Å²) >= 11 is 0. The maximum atomic E-state index is 10.8. The maximum Gasteiger partial charge on any atom is 1.00 e. The van der Waals surface area contributed by atoms with Gasteiger partial charge >= 0.3 is 51.4 Å². The molecule has 0 radical (unpaired) electrons. The van der Waals surface area contributed by atoms with E-state index in [0.29, 0.717) is 5.76 Å². The zero-order chi connectivity index (χ0) is 5.98. The molecular formula is C7H11KO. The molecule has 1 rings (SSSR count). The first-order chi connectivity index (χ1) is 3.80. The Balaban J connectivity index is 0.000000640. The Hall–Kier alpha value is 1.18. The van der Waals surface area contributed by atoms with E-state index in [0.717, 1.165) is 24.8 Å². The van der Waals surface area contributed by atoms with Gasteiger partial charge in [-0.3, -0.25) is 0 Å². The maximum absolute atomic E-state index is 10.8. The van der Waals surface area contributed by atoms with Gasteiger partial charge in [-0.1, -0.05) is 12.0 Å². The van der Waals surface area contributed by atoms with E-state index in [4.69, 9.17) is 0 Å². The molecule has 46 valence electrons. The zero-order valence-electron chi connectivity index (χ0n) is 6.24. The van der Waals surface area contributed by atoms with Gasteiger partial charge in [0, 0.05) is 0 Å². The Bertz CT molecular complexity index is 104. The molecule has 0 bridgehead atoms. The molecule has 0 saturated heterocycles. The number of hydrogen-bond acceptors (Lipinski definition) is 1. The fourth-order valence-corrected chi connectivity index (χ4v) is 1.03. The van der Waals surface area contributed by atoms with Crippen molar-refractivity contribution in [3.8, 4) is 0 Å². The molecule has 1 aliphatic carbocycles.